The number of rotatable bonds is 8. The fourth-order valence-corrected chi connectivity index (χ4v) is 4.35. The maximum Gasteiger partial charge on any atom is 0.0755 e. The Morgan fingerprint density at radius 3 is 2.84 bits per heavy atom. The Balaban J connectivity index is 1.90. The average Bonchev–Trinajstić information content (AvgIpc) is 3.11. The van der Waals surface area contributed by atoms with Crippen LogP contribution in [-0.4, -0.2) is 29.0 Å². The van der Waals surface area contributed by atoms with E-state index >= 15 is 0 Å². The van der Waals surface area contributed by atoms with Crippen LogP contribution in [0.25, 0.3) is 0 Å². The normalized spacial score (nSPS) is 32.6. The summed E-state index contributed by atoms with van der Waals surface area (Å²) in [5.41, 5.74) is 7.11. The van der Waals surface area contributed by atoms with Crippen molar-refractivity contribution >= 4 is 0 Å². The quantitative estimate of drug-likeness (QED) is 0.359. The van der Waals surface area contributed by atoms with Crippen LogP contribution in [0.1, 0.15) is 58.8 Å². The number of fused-ring (bicyclic) bond motifs is 1. The summed E-state index contributed by atoms with van der Waals surface area (Å²) in [6.07, 6.45) is 12.9. The van der Waals surface area contributed by atoms with Crippen molar-refractivity contribution < 1.29 is 10.2 Å². The first-order valence-corrected chi connectivity index (χ1v) is 9.88. The second-order valence-corrected chi connectivity index (χ2v) is 7.84. The molecule has 4 N–H and O–H groups in total. The Kier molecular flexibility index (Phi) is 8.22. The Bertz CT molecular complexity index is 528. The molecule has 2 rings (SSSR count). The number of hydrogen-bond acceptors (Lipinski definition) is 3. The van der Waals surface area contributed by atoms with Crippen LogP contribution in [0.2, 0.25) is 0 Å². The van der Waals surface area contributed by atoms with Crippen molar-refractivity contribution in [3.63, 3.8) is 0 Å². The summed E-state index contributed by atoms with van der Waals surface area (Å²) in [6.45, 7) is 4.62. The summed E-state index contributed by atoms with van der Waals surface area (Å²) >= 11 is 0. The lowest BCUT2D eigenvalue weighted by molar-refractivity contribution is 0.137. The Morgan fingerprint density at radius 1 is 1.32 bits per heavy atom. The molecule has 140 valence electrons. The molecule has 3 nitrogen and oxygen atoms in total. The van der Waals surface area contributed by atoms with Gasteiger partial charge in [0.05, 0.1) is 12.2 Å². The highest BCUT2D eigenvalue weighted by Crippen LogP contribution is 2.50. The molecular formula is C22H35NO2. The molecule has 0 unspecified atom stereocenters. The van der Waals surface area contributed by atoms with Gasteiger partial charge in [0, 0.05) is 12.3 Å². The fourth-order valence-electron chi connectivity index (χ4n) is 4.35. The second-order valence-electron chi connectivity index (χ2n) is 7.84. The van der Waals surface area contributed by atoms with Gasteiger partial charge in [0.15, 0.2) is 0 Å². The molecule has 0 radical (unpaired) electrons. The van der Waals surface area contributed by atoms with Gasteiger partial charge in [-0.1, -0.05) is 30.7 Å². The van der Waals surface area contributed by atoms with E-state index in [9.17, 15) is 10.2 Å². The largest absolute Gasteiger partial charge is 0.392 e. The first-order chi connectivity index (χ1) is 12.1. The maximum absolute atomic E-state index is 10.4. The van der Waals surface area contributed by atoms with Crippen molar-refractivity contribution in [2.45, 2.75) is 71.0 Å². The first kappa shape index (κ1) is 20.2. The van der Waals surface area contributed by atoms with E-state index in [1.165, 1.54) is 6.42 Å². The summed E-state index contributed by atoms with van der Waals surface area (Å²) in [5.74, 6) is 7.35. The molecule has 0 aromatic heterocycles. The van der Waals surface area contributed by atoms with Crippen LogP contribution in [0.15, 0.2) is 23.8 Å². The Morgan fingerprint density at radius 2 is 2.12 bits per heavy atom. The van der Waals surface area contributed by atoms with Gasteiger partial charge >= 0.3 is 0 Å². The monoisotopic (exact) mass is 345 g/mol. The van der Waals surface area contributed by atoms with Crippen LogP contribution in [0.3, 0.4) is 0 Å². The zero-order valence-corrected chi connectivity index (χ0v) is 15.8. The molecule has 3 heteroatoms. The molecule has 0 bridgehead atoms. The van der Waals surface area contributed by atoms with Crippen molar-refractivity contribution in [1.82, 2.24) is 0 Å². The Labute approximate surface area is 153 Å². The van der Waals surface area contributed by atoms with Crippen molar-refractivity contribution in [2.24, 2.45) is 29.4 Å². The molecule has 25 heavy (non-hydrogen) atoms. The maximum atomic E-state index is 10.4. The Hall–Kier alpha value is -1.08. The molecule has 2 aliphatic rings. The third kappa shape index (κ3) is 5.71. The van der Waals surface area contributed by atoms with Crippen LogP contribution in [0, 0.1) is 35.5 Å². The van der Waals surface area contributed by atoms with Gasteiger partial charge in [-0.15, -0.1) is 11.8 Å². The topological polar surface area (TPSA) is 66.5 Å². The molecule has 0 aliphatic heterocycles. The summed E-state index contributed by atoms with van der Waals surface area (Å²) in [6, 6.07) is 0. The third-order valence-corrected chi connectivity index (χ3v) is 5.92. The second kappa shape index (κ2) is 10.2. The first-order valence-electron chi connectivity index (χ1n) is 9.88. The van der Waals surface area contributed by atoms with Gasteiger partial charge in [-0.3, -0.25) is 0 Å². The minimum absolute atomic E-state index is 0.125. The van der Waals surface area contributed by atoms with Crippen LogP contribution in [0.5, 0.6) is 0 Å². The zero-order valence-electron chi connectivity index (χ0n) is 15.8. The molecule has 0 saturated heterocycles. The van der Waals surface area contributed by atoms with E-state index in [0.29, 0.717) is 18.3 Å². The molecule has 6 atom stereocenters. The van der Waals surface area contributed by atoms with Crippen LogP contribution in [-0.2, 0) is 0 Å². The van der Waals surface area contributed by atoms with Crippen molar-refractivity contribution in [3.05, 3.63) is 23.8 Å². The molecule has 0 heterocycles. The van der Waals surface area contributed by atoms with E-state index in [1.54, 1.807) is 5.57 Å². The number of hydrogen-bond donors (Lipinski definition) is 3. The number of aliphatic hydroxyl groups excluding tert-OH is 2. The lowest BCUT2D eigenvalue weighted by Crippen LogP contribution is -2.19. The van der Waals surface area contributed by atoms with Crippen LogP contribution < -0.4 is 5.73 Å². The zero-order chi connectivity index (χ0) is 18.2. The predicted octanol–water partition coefficient (Wildman–Crippen LogP) is 3.42. The average molecular weight is 346 g/mol. The summed E-state index contributed by atoms with van der Waals surface area (Å²) < 4.78 is 0. The molecule has 2 aliphatic carbocycles. The molecule has 2 fully saturated rings. The highest BCUT2D eigenvalue weighted by atomic mass is 16.3. The molecular weight excluding hydrogens is 310 g/mol. The molecule has 2 saturated carbocycles. The lowest BCUT2D eigenvalue weighted by Gasteiger charge is -2.19. The predicted molar refractivity (Wildman–Crippen MR) is 104 cm³/mol. The number of allylic oxidation sites excluding steroid dienone is 2. The number of unbranched alkanes of at least 4 members (excludes halogenated alkanes) is 2. The van der Waals surface area contributed by atoms with E-state index in [4.69, 9.17) is 5.73 Å². The summed E-state index contributed by atoms with van der Waals surface area (Å²) in [7, 11) is 0. The minimum Gasteiger partial charge on any atom is -0.392 e. The van der Waals surface area contributed by atoms with Gasteiger partial charge in [0.1, 0.15) is 0 Å². The fraction of sp³-hybridized carbons (Fsp3) is 0.727. The van der Waals surface area contributed by atoms with Gasteiger partial charge in [0.25, 0.3) is 0 Å². The van der Waals surface area contributed by atoms with Crippen molar-refractivity contribution in [2.75, 3.05) is 6.54 Å². The summed E-state index contributed by atoms with van der Waals surface area (Å²) in [5, 5.41) is 20.7. The van der Waals surface area contributed by atoms with Crippen LogP contribution in [0.4, 0.5) is 0 Å². The van der Waals surface area contributed by atoms with Gasteiger partial charge in [-0.25, -0.2) is 0 Å². The highest BCUT2D eigenvalue weighted by molar-refractivity contribution is 5.18. The van der Waals surface area contributed by atoms with E-state index in [0.717, 1.165) is 38.6 Å². The molecule has 0 spiro atoms. The van der Waals surface area contributed by atoms with Gasteiger partial charge in [0.2, 0.25) is 0 Å². The number of nitrogens with two attached hydrogens (primary N) is 1. The van der Waals surface area contributed by atoms with Crippen LogP contribution >= 0.6 is 0 Å². The standard InChI is InChI=1S/C22H35NO2/c1-3-4-8-16(2)21(24)11-10-19-20-14-17(9-6-5-7-12-23)13-18(20)15-22(19)25/h9-11,16,18-22,24-25H,5-8,12-15,23H2,1-2H3/t16-,18+,19-,20+,21-,22-/m1/s1. The smallest absolute Gasteiger partial charge is 0.0755 e. The van der Waals surface area contributed by atoms with Gasteiger partial charge < -0.3 is 15.9 Å². The van der Waals surface area contributed by atoms with E-state index in [1.807, 2.05) is 19.9 Å². The van der Waals surface area contributed by atoms with Gasteiger partial charge in [-0.2, -0.15) is 0 Å². The van der Waals surface area contributed by atoms with Crippen molar-refractivity contribution in [1.29, 1.82) is 0 Å². The lowest BCUT2D eigenvalue weighted by atomic mass is 9.89. The highest BCUT2D eigenvalue weighted by Gasteiger charge is 2.44. The van der Waals surface area contributed by atoms with E-state index < -0.39 is 6.10 Å². The van der Waals surface area contributed by atoms with E-state index in [2.05, 4.69) is 24.0 Å². The third-order valence-electron chi connectivity index (χ3n) is 5.92. The minimum atomic E-state index is -0.486. The van der Waals surface area contributed by atoms with Gasteiger partial charge in [-0.05, 0) is 69.7 Å². The molecule has 0 amide bonds. The van der Waals surface area contributed by atoms with Crippen molar-refractivity contribution in [3.8, 4) is 11.8 Å². The number of aliphatic hydroxyl groups is 2. The molecule has 0 aromatic rings. The SMILES string of the molecule is CC#CC[C@@H](C)[C@H](O)C=C[C@@H]1[C@H]2CC(=CCCCCN)C[C@H]2C[C@H]1O. The summed E-state index contributed by atoms with van der Waals surface area (Å²) in [4.78, 5) is 0. The molecule has 0 aromatic carbocycles. The van der Waals surface area contributed by atoms with E-state index in [-0.39, 0.29) is 17.9 Å².